The Kier molecular flexibility index (Phi) is 7.58. The van der Waals surface area contributed by atoms with Gasteiger partial charge in [0, 0.05) is 24.3 Å². The van der Waals surface area contributed by atoms with Gasteiger partial charge in [-0.2, -0.15) is 13.2 Å². The normalized spacial score (nSPS) is 18.8. The summed E-state index contributed by atoms with van der Waals surface area (Å²) >= 11 is 0. The summed E-state index contributed by atoms with van der Waals surface area (Å²) < 4.78 is 68.4. The van der Waals surface area contributed by atoms with Crippen LogP contribution >= 0.6 is 0 Å². The highest BCUT2D eigenvalue weighted by Gasteiger charge is 2.41. The first-order valence-electron chi connectivity index (χ1n) is 11.8. The first-order valence-corrected chi connectivity index (χ1v) is 13.5. The second-order valence-electron chi connectivity index (χ2n) is 9.04. The summed E-state index contributed by atoms with van der Waals surface area (Å²) in [5.74, 6) is -1.21. The minimum absolute atomic E-state index is 0.0172. The predicted octanol–water partition coefficient (Wildman–Crippen LogP) is 5.03. The molecule has 0 bridgehead atoms. The lowest BCUT2D eigenvalue weighted by molar-refractivity contribution is -0.184. The summed E-state index contributed by atoms with van der Waals surface area (Å²) in [7, 11) is -3.29. The number of carbonyl (C=O) groups is 1. The van der Waals surface area contributed by atoms with E-state index in [-0.39, 0.29) is 48.5 Å². The van der Waals surface area contributed by atoms with Gasteiger partial charge in [0.15, 0.2) is 9.84 Å². The van der Waals surface area contributed by atoms with Crippen LogP contribution in [0.5, 0.6) is 5.88 Å². The first kappa shape index (κ1) is 26.0. The van der Waals surface area contributed by atoms with E-state index in [0.29, 0.717) is 35.2 Å². The van der Waals surface area contributed by atoms with E-state index in [1.54, 1.807) is 31.3 Å². The van der Waals surface area contributed by atoms with E-state index in [0.717, 1.165) is 5.56 Å². The molecule has 0 radical (unpaired) electrons. The number of amides is 1. The Hall–Kier alpha value is -3.08. The average Bonchev–Trinajstić information content (AvgIpc) is 3.31. The highest BCUT2D eigenvalue weighted by molar-refractivity contribution is 7.91. The van der Waals surface area contributed by atoms with Gasteiger partial charge in [-0.1, -0.05) is 19.1 Å². The van der Waals surface area contributed by atoms with E-state index < -0.39 is 21.9 Å². The number of alkyl halides is 3. The van der Waals surface area contributed by atoms with Crippen molar-refractivity contribution in [2.24, 2.45) is 11.8 Å². The lowest BCUT2D eigenvalue weighted by Crippen LogP contribution is -2.29. The zero-order valence-electron chi connectivity index (χ0n) is 19.8. The van der Waals surface area contributed by atoms with E-state index in [1.807, 2.05) is 0 Å². The molecular formula is C25H28F3N3O4S. The smallest absolute Gasteiger partial charge is 0.391 e. The van der Waals surface area contributed by atoms with Crippen molar-refractivity contribution in [3.05, 3.63) is 53.9 Å². The molecule has 1 aliphatic rings. The number of fused-ring (bicyclic) bond motifs is 1. The molecule has 1 aliphatic carbocycles. The summed E-state index contributed by atoms with van der Waals surface area (Å²) in [6, 6.07) is 8.06. The molecule has 1 amide bonds. The van der Waals surface area contributed by atoms with E-state index in [2.05, 4.69) is 15.3 Å². The second kappa shape index (κ2) is 10.5. The van der Waals surface area contributed by atoms with Crippen molar-refractivity contribution >= 4 is 26.6 Å². The molecular weight excluding hydrogens is 495 g/mol. The number of nitrogens with zero attached hydrogens (tertiary/aromatic N) is 1. The minimum atomic E-state index is -4.14. The number of aromatic amines is 1. The van der Waals surface area contributed by atoms with Gasteiger partial charge in [0.2, 0.25) is 5.88 Å². The number of halogens is 3. The number of benzene rings is 1. The molecule has 194 valence electrons. The molecule has 1 saturated carbocycles. The molecule has 2 N–H and O–H groups in total. The van der Waals surface area contributed by atoms with Gasteiger partial charge >= 0.3 is 6.18 Å². The highest BCUT2D eigenvalue weighted by Crippen LogP contribution is 2.39. The highest BCUT2D eigenvalue weighted by atomic mass is 32.2. The van der Waals surface area contributed by atoms with Gasteiger partial charge in [-0.05, 0) is 55.4 Å². The molecule has 0 spiro atoms. The fraction of sp³-hybridized carbons (Fsp3) is 0.440. The Morgan fingerprint density at radius 3 is 2.47 bits per heavy atom. The predicted molar refractivity (Wildman–Crippen MR) is 128 cm³/mol. The summed E-state index contributed by atoms with van der Waals surface area (Å²) in [5.41, 5.74) is 1.69. The largest absolute Gasteiger partial charge is 0.476 e. The van der Waals surface area contributed by atoms with Gasteiger partial charge in [0.25, 0.3) is 5.91 Å². The number of H-pyrrole nitrogens is 1. The Morgan fingerprint density at radius 2 is 1.83 bits per heavy atom. The Morgan fingerprint density at radius 1 is 1.14 bits per heavy atom. The fourth-order valence-corrected chi connectivity index (χ4v) is 5.32. The van der Waals surface area contributed by atoms with Crippen LogP contribution in [0.25, 0.3) is 10.9 Å². The number of hydrogen-bond acceptors (Lipinski definition) is 5. The van der Waals surface area contributed by atoms with Crippen molar-refractivity contribution in [2.75, 3.05) is 12.4 Å². The number of carbonyl (C=O) groups excluding carboxylic acids is 1. The number of pyridine rings is 1. The van der Waals surface area contributed by atoms with Crippen LogP contribution in [0.15, 0.2) is 47.6 Å². The molecule has 0 saturated heterocycles. The summed E-state index contributed by atoms with van der Waals surface area (Å²) in [4.78, 5) is 20.3. The van der Waals surface area contributed by atoms with E-state index >= 15 is 0 Å². The number of nitrogens with one attached hydrogen (secondary N) is 2. The molecule has 11 heteroatoms. The number of rotatable bonds is 8. The van der Waals surface area contributed by atoms with Gasteiger partial charge in [-0.25, -0.2) is 13.4 Å². The molecule has 3 aromatic rings. The number of sulfone groups is 1. The topological polar surface area (TPSA) is 101 Å². The third kappa shape index (κ3) is 5.83. The maximum Gasteiger partial charge on any atom is 0.391 e. The van der Waals surface area contributed by atoms with Crippen LogP contribution in [0.3, 0.4) is 0 Å². The molecule has 7 nitrogen and oxygen atoms in total. The van der Waals surface area contributed by atoms with Crippen molar-refractivity contribution in [1.29, 1.82) is 0 Å². The quantitative estimate of drug-likeness (QED) is 0.431. The van der Waals surface area contributed by atoms with E-state index in [1.165, 1.54) is 18.3 Å². The maximum absolute atomic E-state index is 12.9. The van der Waals surface area contributed by atoms with Gasteiger partial charge < -0.3 is 15.0 Å². The summed E-state index contributed by atoms with van der Waals surface area (Å²) in [6.07, 6.45) is 0.0566. The zero-order valence-corrected chi connectivity index (χ0v) is 20.6. The SMILES string of the molecule is CCS(=O)(=O)c1ccc(CNC(=O)c2c[nH]c3c(OCC4CCC(C(F)(F)F)CC4)nccc23)cc1. The molecule has 0 aliphatic heterocycles. The van der Waals surface area contributed by atoms with Crippen molar-refractivity contribution in [2.45, 2.75) is 50.2 Å². The third-order valence-corrected chi connectivity index (χ3v) is 8.44. The van der Waals surface area contributed by atoms with Crippen molar-refractivity contribution < 1.29 is 31.1 Å². The monoisotopic (exact) mass is 523 g/mol. The molecule has 0 unspecified atom stereocenters. The second-order valence-corrected chi connectivity index (χ2v) is 11.3. The molecule has 2 aromatic heterocycles. The maximum atomic E-state index is 12.9. The van der Waals surface area contributed by atoms with Crippen LogP contribution in [0, 0.1) is 11.8 Å². The number of aromatic nitrogens is 2. The lowest BCUT2D eigenvalue weighted by Gasteiger charge is -2.29. The van der Waals surface area contributed by atoms with Gasteiger partial charge in [-0.15, -0.1) is 0 Å². The first-order chi connectivity index (χ1) is 17.1. The van der Waals surface area contributed by atoms with Crippen molar-refractivity contribution in [1.82, 2.24) is 15.3 Å². The van der Waals surface area contributed by atoms with Crippen LogP contribution in [0.1, 0.15) is 48.5 Å². The van der Waals surface area contributed by atoms with Crippen LogP contribution in [-0.2, 0) is 16.4 Å². The molecule has 4 rings (SSSR count). The standard InChI is InChI=1S/C25H28F3N3O4S/c1-2-36(33,34)19-9-5-16(6-10-19)13-31-23(32)21-14-30-22-20(21)11-12-29-24(22)35-15-17-3-7-18(8-4-17)25(26,27)28/h5-6,9-12,14,17-18,30H,2-4,7-8,13,15H2,1H3,(H,31,32). The Bertz CT molecular complexity index is 1310. The molecule has 1 aromatic carbocycles. The molecule has 36 heavy (non-hydrogen) atoms. The van der Waals surface area contributed by atoms with Gasteiger partial charge in [-0.3, -0.25) is 4.79 Å². The summed E-state index contributed by atoms with van der Waals surface area (Å²) in [5, 5.41) is 3.44. The van der Waals surface area contributed by atoms with Gasteiger partial charge in [0.05, 0.1) is 28.7 Å². The van der Waals surface area contributed by atoms with Crippen molar-refractivity contribution in [3.63, 3.8) is 0 Å². The van der Waals surface area contributed by atoms with E-state index in [9.17, 15) is 26.4 Å². The third-order valence-electron chi connectivity index (χ3n) is 6.69. The van der Waals surface area contributed by atoms with E-state index in [4.69, 9.17) is 4.74 Å². The number of ether oxygens (including phenoxy) is 1. The van der Waals surface area contributed by atoms with Gasteiger partial charge in [0.1, 0.15) is 5.52 Å². The van der Waals surface area contributed by atoms with Crippen LogP contribution in [-0.4, -0.2) is 42.8 Å². The molecule has 1 fully saturated rings. The zero-order chi connectivity index (χ0) is 25.9. The van der Waals surface area contributed by atoms with Crippen LogP contribution in [0.2, 0.25) is 0 Å². The molecule has 0 atom stereocenters. The van der Waals surface area contributed by atoms with Crippen molar-refractivity contribution in [3.8, 4) is 5.88 Å². The lowest BCUT2D eigenvalue weighted by atomic mass is 9.82. The van der Waals surface area contributed by atoms with Crippen LogP contribution in [0.4, 0.5) is 13.2 Å². The fourth-order valence-electron chi connectivity index (χ4n) is 4.44. The summed E-state index contributed by atoms with van der Waals surface area (Å²) in [6.45, 7) is 2.06. The molecule has 2 heterocycles. The Labute approximate surface area is 207 Å². The van der Waals surface area contributed by atoms with Crippen LogP contribution < -0.4 is 10.1 Å². The average molecular weight is 524 g/mol. The Balaban J connectivity index is 1.36. The number of hydrogen-bond donors (Lipinski definition) is 2. The minimum Gasteiger partial charge on any atom is -0.476 e.